The summed E-state index contributed by atoms with van der Waals surface area (Å²) in [5.41, 5.74) is 0. The van der Waals surface area contributed by atoms with Crippen molar-refractivity contribution in [2.24, 2.45) is 0 Å². The number of hydrogen-bond donors (Lipinski definition) is 2. The minimum atomic E-state index is -6.90. The number of aryl methyl sites for hydroxylation is 2. The van der Waals surface area contributed by atoms with E-state index in [-0.39, 0.29) is 25.9 Å². The first kappa shape index (κ1) is 27.0. The molecule has 0 aliphatic carbocycles. The molecule has 2 aromatic rings. The molecule has 34 heavy (non-hydrogen) atoms. The standard InChI is InChI=1S/C18H20F8N6O2/c19-15(20,13(33)29-3-1-7-31-9-5-27-11-31)17(23,24)18(25,26)16(21,22)14(34)30-4-2-8-32-10-6-28-12-32/h5-6,9-12H,1-4,7-8H2,(H,29,33)(H,30,34). The van der Waals surface area contributed by atoms with Crippen LogP contribution in [0.2, 0.25) is 0 Å². The number of carbonyl (C=O) groups excluding carboxylic acids is 2. The van der Waals surface area contributed by atoms with E-state index >= 15 is 0 Å². The number of amides is 2. The van der Waals surface area contributed by atoms with Crippen LogP contribution in [-0.4, -0.2) is 67.7 Å². The topological polar surface area (TPSA) is 93.8 Å². The highest BCUT2D eigenvalue weighted by molar-refractivity contribution is 5.87. The van der Waals surface area contributed by atoms with E-state index in [1.165, 1.54) is 57.2 Å². The Morgan fingerprint density at radius 3 is 1.32 bits per heavy atom. The van der Waals surface area contributed by atoms with Crippen molar-refractivity contribution in [1.82, 2.24) is 29.7 Å². The van der Waals surface area contributed by atoms with Crippen molar-refractivity contribution in [2.75, 3.05) is 13.1 Å². The van der Waals surface area contributed by atoms with Crippen molar-refractivity contribution in [3.8, 4) is 0 Å². The smallest absolute Gasteiger partial charge is 0.351 e. The number of carbonyl (C=O) groups is 2. The van der Waals surface area contributed by atoms with Gasteiger partial charge in [-0.05, 0) is 12.8 Å². The lowest BCUT2D eigenvalue weighted by molar-refractivity contribution is -0.347. The van der Waals surface area contributed by atoms with Gasteiger partial charge >= 0.3 is 23.7 Å². The van der Waals surface area contributed by atoms with Crippen LogP contribution in [0.25, 0.3) is 0 Å². The Labute approximate surface area is 187 Å². The molecule has 0 bridgehead atoms. The normalized spacial score (nSPS) is 13.1. The quantitative estimate of drug-likeness (QED) is 0.324. The van der Waals surface area contributed by atoms with Gasteiger partial charge in [0.15, 0.2) is 0 Å². The predicted molar refractivity (Wildman–Crippen MR) is 99.5 cm³/mol. The third kappa shape index (κ3) is 5.47. The molecule has 16 heteroatoms. The molecule has 0 fully saturated rings. The number of rotatable bonds is 13. The Bertz CT molecular complexity index is 858. The Morgan fingerprint density at radius 2 is 1.03 bits per heavy atom. The molecule has 2 aromatic heterocycles. The zero-order chi connectivity index (χ0) is 25.6. The zero-order valence-electron chi connectivity index (χ0n) is 17.3. The summed E-state index contributed by atoms with van der Waals surface area (Å²) in [5, 5.41) is 2.62. The van der Waals surface area contributed by atoms with Gasteiger partial charge in [-0.1, -0.05) is 0 Å². The SMILES string of the molecule is O=C(NCCCn1ccnc1)C(F)(F)C(F)(F)C(F)(F)C(F)(F)C(=O)NCCCn1ccnc1. The minimum absolute atomic E-state index is 0.0855. The molecule has 0 aliphatic heterocycles. The van der Waals surface area contributed by atoms with Gasteiger partial charge in [-0.3, -0.25) is 9.59 Å². The highest BCUT2D eigenvalue weighted by Gasteiger charge is 2.84. The molecule has 2 amide bonds. The van der Waals surface area contributed by atoms with Gasteiger partial charge in [0.1, 0.15) is 0 Å². The van der Waals surface area contributed by atoms with E-state index in [4.69, 9.17) is 0 Å². The van der Waals surface area contributed by atoms with E-state index in [1.54, 1.807) is 0 Å². The van der Waals surface area contributed by atoms with Crippen molar-refractivity contribution >= 4 is 11.8 Å². The van der Waals surface area contributed by atoms with Crippen molar-refractivity contribution in [3.63, 3.8) is 0 Å². The summed E-state index contributed by atoms with van der Waals surface area (Å²) in [5.74, 6) is -32.1. The van der Waals surface area contributed by atoms with Crippen LogP contribution in [0, 0.1) is 0 Å². The van der Waals surface area contributed by atoms with Gasteiger partial charge in [0, 0.05) is 51.0 Å². The number of aromatic nitrogens is 4. The van der Waals surface area contributed by atoms with E-state index in [0.717, 1.165) is 0 Å². The van der Waals surface area contributed by atoms with Gasteiger partial charge < -0.3 is 19.8 Å². The lowest BCUT2D eigenvalue weighted by Gasteiger charge is -2.35. The third-order valence-corrected chi connectivity index (χ3v) is 4.63. The van der Waals surface area contributed by atoms with Gasteiger partial charge in [0.25, 0.3) is 11.8 Å². The zero-order valence-corrected chi connectivity index (χ0v) is 17.3. The van der Waals surface area contributed by atoms with Crippen LogP contribution >= 0.6 is 0 Å². The fourth-order valence-electron chi connectivity index (χ4n) is 2.67. The summed E-state index contributed by atoms with van der Waals surface area (Å²) in [6.07, 6.45) is 8.18. The molecule has 0 radical (unpaired) electrons. The molecule has 0 unspecified atom stereocenters. The van der Waals surface area contributed by atoms with Crippen molar-refractivity contribution in [3.05, 3.63) is 37.4 Å². The molecule has 2 N–H and O–H groups in total. The van der Waals surface area contributed by atoms with Crippen LogP contribution in [0.4, 0.5) is 35.1 Å². The Hall–Kier alpha value is -3.20. The van der Waals surface area contributed by atoms with Crippen LogP contribution in [0.3, 0.4) is 0 Å². The average Bonchev–Trinajstić information content (AvgIpc) is 3.47. The van der Waals surface area contributed by atoms with Gasteiger partial charge in [0.2, 0.25) is 0 Å². The first-order valence-electron chi connectivity index (χ1n) is 9.74. The first-order valence-corrected chi connectivity index (χ1v) is 9.74. The molecular weight excluding hydrogens is 484 g/mol. The lowest BCUT2D eigenvalue weighted by atomic mass is 9.97. The predicted octanol–water partition coefficient (Wildman–Crippen LogP) is 2.33. The maximum Gasteiger partial charge on any atom is 0.392 e. The maximum absolute atomic E-state index is 13.9. The highest BCUT2D eigenvalue weighted by atomic mass is 19.4. The molecule has 0 saturated heterocycles. The Balaban J connectivity index is 1.98. The molecule has 8 nitrogen and oxygen atoms in total. The van der Waals surface area contributed by atoms with Crippen LogP contribution < -0.4 is 10.6 Å². The van der Waals surface area contributed by atoms with Crippen LogP contribution in [0.1, 0.15) is 12.8 Å². The number of imidazole rings is 2. The highest BCUT2D eigenvalue weighted by Crippen LogP contribution is 2.52. The number of hydrogen-bond acceptors (Lipinski definition) is 4. The van der Waals surface area contributed by atoms with E-state index in [1.807, 2.05) is 0 Å². The number of halogens is 8. The average molecular weight is 504 g/mol. The monoisotopic (exact) mass is 504 g/mol. The van der Waals surface area contributed by atoms with Crippen LogP contribution in [0.15, 0.2) is 37.4 Å². The summed E-state index contributed by atoms with van der Waals surface area (Å²) < 4.78 is 114. The van der Waals surface area contributed by atoms with E-state index in [0.29, 0.717) is 0 Å². The lowest BCUT2D eigenvalue weighted by Crippen LogP contribution is -2.69. The van der Waals surface area contributed by atoms with Crippen LogP contribution in [-0.2, 0) is 22.7 Å². The summed E-state index contributed by atoms with van der Waals surface area (Å²) in [6, 6.07) is 0. The number of alkyl halides is 8. The summed E-state index contributed by atoms with van der Waals surface area (Å²) >= 11 is 0. The summed E-state index contributed by atoms with van der Waals surface area (Å²) in [4.78, 5) is 30.3. The second kappa shape index (κ2) is 10.4. The van der Waals surface area contributed by atoms with E-state index in [2.05, 4.69) is 9.97 Å². The maximum atomic E-state index is 13.9. The second-order valence-electron chi connectivity index (χ2n) is 7.12. The largest absolute Gasteiger partial charge is 0.392 e. The fraction of sp³-hybridized carbons (Fsp3) is 0.556. The third-order valence-electron chi connectivity index (χ3n) is 4.63. The molecule has 0 atom stereocenters. The molecule has 0 aliphatic rings. The van der Waals surface area contributed by atoms with Crippen molar-refractivity contribution < 1.29 is 44.7 Å². The van der Waals surface area contributed by atoms with Crippen LogP contribution in [0.5, 0.6) is 0 Å². The van der Waals surface area contributed by atoms with Gasteiger partial charge in [-0.15, -0.1) is 0 Å². The molecule has 0 saturated carbocycles. The summed E-state index contributed by atoms with van der Waals surface area (Å²) in [6.45, 7) is -1.08. The van der Waals surface area contributed by atoms with Gasteiger partial charge in [0.05, 0.1) is 12.7 Å². The first-order chi connectivity index (χ1) is 15.7. The van der Waals surface area contributed by atoms with Crippen molar-refractivity contribution in [2.45, 2.75) is 49.6 Å². The molecule has 2 heterocycles. The molecule has 190 valence electrons. The molecule has 0 aromatic carbocycles. The van der Waals surface area contributed by atoms with Crippen molar-refractivity contribution in [1.29, 1.82) is 0 Å². The minimum Gasteiger partial charge on any atom is -0.351 e. The molecular formula is C18H20F8N6O2. The number of nitrogens with one attached hydrogen (secondary N) is 2. The molecule has 0 spiro atoms. The Kier molecular flexibility index (Phi) is 8.26. The summed E-state index contributed by atoms with van der Waals surface area (Å²) in [7, 11) is 0. The van der Waals surface area contributed by atoms with E-state index in [9.17, 15) is 44.7 Å². The van der Waals surface area contributed by atoms with Gasteiger partial charge in [-0.2, -0.15) is 35.1 Å². The fourth-order valence-corrected chi connectivity index (χ4v) is 2.67. The number of nitrogens with zero attached hydrogens (tertiary/aromatic N) is 4. The van der Waals surface area contributed by atoms with Gasteiger partial charge in [-0.25, -0.2) is 9.97 Å². The second-order valence-corrected chi connectivity index (χ2v) is 7.12. The Morgan fingerprint density at radius 1 is 0.676 bits per heavy atom. The van der Waals surface area contributed by atoms with E-state index < -0.39 is 48.6 Å². The molecule has 2 rings (SSSR count).